The molecule has 5 rings (SSSR count). The van der Waals surface area contributed by atoms with Crippen molar-refractivity contribution in [2.45, 2.75) is 18.9 Å². The summed E-state index contributed by atoms with van der Waals surface area (Å²) in [5.74, 6) is 0.111. The maximum Gasteiger partial charge on any atom is 0.271 e. The number of benzene rings is 2. The first-order valence-electron chi connectivity index (χ1n) is 10.1. The lowest BCUT2D eigenvalue weighted by atomic mass is 10.1. The number of rotatable bonds is 4. The zero-order chi connectivity index (χ0) is 21.2. The largest absolute Gasteiger partial charge is 0.473 e. The minimum atomic E-state index is -0.310. The summed E-state index contributed by atoms with van der Waals surface area (Å²) < 4.78 is 19.2. The number of carbonyl (C=O) groups excluding carboxylic acids is 1. The second kappa shape index (κ2) is 8.14. The number of hydrogen-bond donors (Lipinski definition) is 1. The molecule has 1 amide bonds. The average molecular weight is 417 g/mol. The SMILES string of the molecule is O=C(c1cc(-c2ccc(F)cc2)n[nH]1)N1CCC(Oc2nncc3ccccc23)CC1. The molecule has 4 aromatic rings. The number of nitrogens with zero attached hydrogens (tertiary/aromatic N) is 4. The highest BCUT2D eigenvalue weighted by atomic mass is 19.1. The second-order valence-electron chi connectivity index (χ2n) is 7.52. The van der Waals surface area contributed by atoms with E-state index in [4.69, 9.17) is 4.74 Å². The lowest BCUT2D eigenvalue weighted by Gasteiger charge is -2.31. The Morgan fingerprint density at radius 3 is 2.68 bits per heavy atom. The Morgan fingerprint density at radius 1 is 1.10 bits per heavy atom. The third kappa shape index (κ3) is 3.96. The minimum Gasteiger partial charge on any atom is -0.473 e. The van der Waals surface area contributed by atoms with Gasteiger partial charge in [0.15, 0.2) is 0 Å². The molecule has 0 bridgehead atoms. The van der Waals surface area contributed by atoms with Gasteiger partial charge < -0.3 is 9.64 Å². The van der Waals surface area contributed by atoms with Crippen molar-refractivity contribution in [1.82, 2.24) is 25.3 Å². The number of nitrogens with one attached hydrogen (secondary N) is 1. The first-order chi connectivity index (χ1) is 15.2. The molecule has 156 valence electrons. The quantitative estimate of drug-likeness (QED) is 0.545. The molecule has 1 saturated heterocycles. The number of piperidine rings is 1. The third-order valence-corrected chi connectivity index (χ3v) is 5.49. The first-order valence-corrected chi connectivity index (χ1v) is 10.1. The second-order valence-corrected chi connectivity index (χ2v) is 7.52. The number of likely N-dealkylation sites (tertiary alicyclic amines) is 1. The summed E-state index contributed by atoms with van der Waals surface area (Å²) in [6, 6.07) is 15.6. The van der Waals surface area contributed by atoms with Gasteiger partial charge in [0, 0.05) is 42.3 Å². The van der Waals surface area contributed by atoms with Crippen molar-refractivity contribution in [2.24, 2.45) is 0 Å². The summed E-state index contributed by atoms with van der Waals surface area (Å²) in [6.45, 7) is 1.15. The van der Waals surface area contributed by atoms with Gasteiger partial charge in [0.2, 0.25) is 5.88 Å². The predicted octanol–water partition coefficient (Wildman–Crippen LogP) is 3.84. The molecule has 1 N–H and O–H groups in total. The Hall–Kier alpha value is -3.81. The van der Waals surface area contributed by atoms with Crippen molar-refractivity contribution in [3.63, 3.8) is 0 Å². The van der Waals surface area contributed by atoms with Crippen molar-refractivity contribution in [3.8, 4) is 17.1 Å². The van der Waals surface area contributed by atoms with Crippen LogP contribution in [-0.4, -0.2) is 50.4 Å². The molecule has 7 nitrogen and oxygen atoms in total. The van der Waals surface area contributed by atoms with E-state index < -0.39 is 0 Å². The number of aromatic amines is 1. The van der Waals surface area contributed by atoms with E-state index in [1.54, 1.807) is 29.3 Å². The zero-order valence-corrected chi connectivity index (χ0v) is 16.7. The van der Waals surface area contributed by atoms with Gasteiger partial charge in [0.25, 0.3) is 5.91 Å². The molecule has 31 heavy (non-hydrogen) atoms. The number of aromatic nitrogens is 4. The van der Waals surface area contributed by atoms with Crippen molar-refractivity contribution < 1.29 is 13.9 Å². The summed E-state index contributed by atoms with van der Waals surface area (Å²) in [5, 5.41) is 17.1. The molecule has 0 saturated carbocycles. The summed E-state index contributed by atoms with van der Waals surface area (Å²) in [6.07, 6.45) is 3.10. The highest BCUT2D eigenvalue weighted by Crippen LogP contribution is 2.25. The fourth-order valence-electron chi connectivity index (χ4n) is 3.79. The van der Waals surface area contributed by atoms with Crippen LogP contribution in [0.15, 0.2) is 60.8 Å². The Balaban J connectivity index is 1.22. The molecule has 0 radical (unpaired) electrons. The van der Waals surface area contributed by atoms with Crippen molar-refractivity contribution >= 4 is 16.7 Å². The number of H-pyrrole nitrogens is 1. The van der Waals surface area contributed by atoms with E-state index in [0.717, 1.165) is 16.3 Å². The van der Waals surface area contributed by atoms with Crippen LogP contribution in [0.1, 0.15) is 23.3 Å². The number of amides is 1. The molecule has 8 heteroatoms. The molecule has 0 atom stereocenters. The van der Waals surface area contributed by atoms with Gasteiger partial charge in [0.05, 0.1) is 11.9 Å². The van der Waals surface area contributed by atoms with Crippen molar-refractivity contribution in [1.29, 1.82) is 0 Å². The van der Waals surface area contributed by atoms with E-state index in [1.165, 1.54) is 12.1 Å². The molecule has 2 aromatic carbocycles. The molecule has 1 aliphatic heterocycles. The molecule has 0 unspecified atom stereocenters. The van der Waals surface area contributed by atoms with Crippen LogP contribution in [0, 0.1) is 5.82 Å². The third-order valence-electron chi connectivity index (χ3n) is 5.49. The number of carbonyl (C=O) groups is 1. The van der Waals surface area contributed by atoms with Gasteiger partial charge >= 0.3 is 0 Å². The Kier molecular flexibility index (Phi) is 5.03. The maximum absolute atomic E-state index is 13.1. The molecular formula is C23H20FN5O2. The normalized spacial score (nSPS) is 14.7. The van der Waals surface area contributed by atoms with Gasteiger partial charge in [-0.15, -0.1) is 5.10 Å². The number of ether oxygens (including phenoxy) is 1. The van der Waals surface area contributed by atoms with Crippen LogP contribution < -0.4 is 4.74 Å². The number of hydrogen-bond acceptors (Lipinski definition) is 5. The molecular weight excluding hydrogens is 397 g/mol. The lowest BCUT2D eigenvalue weighted by molar-refractivity contribution is 0.0583. The highest BCUT2D eigenvalue weighted by molar-refractivity contribution is 5.93. The fourth-order valence-corrected chi connectivity index (χ4v) is 3.79. The van der Waals surface area contributed by atoms with E-state index in [2.05, 4.69) is 20.4 Å². The minimum absolute atomic E-state index is 0.0271. The van der Waals surface area contributed by atoms with Gasteiger partial charge in [0.1, 0.15) is 17.6 Å². The fraction of sp³-hybridized carbons (Fsp3) is 0.217. The van der Waals surface area contributed by atoms with E-state index in [-0.39, 0.29) is 17.8 Å². The van der Waals surface area contributed by atoms with E-state index >= 15 is 0 Å². The highest BCUT2D eigenvalue weighted by Gasteiger charge is 2.26. The van der Waals surface area contributed by atoms with E-state index in [9.17, 15) is 9.18 Å². The summed E-state index contributed by atoms with van der Waals surface area (Å²) >= 11 is 0. The molecule has 0 aliphatic carbocycles. The average Bonchev–Trinajstić information content (AvgIpc) is 3.30. The van der Waals surface area contributed by atoms with Gasteiger partial charge in [-0.05, 0) is 36.4 Å². The van der Waals surface area contributed by atoms with Crippen molar-refractivity contribution in [3.05, 3.63) is 72.3 Å². The Morgan fingerprint density at radius 2 is 1.87 bits per heavy atom. The maximum atomic E-state index is 13.1. The lowest BCUT2D eigenvalue weighted by Crippen LogP contribution is -2.42. The molecule has 1 aliphatic rings. The van der Waals surface area contributed by atoms with Crippen LogP contribution in [0.4, 0.5) is 4.39 Å². The Labute approximate surface area is 177 Å². The van der Waals surface area contributed by atoms with Crippen molar-refractivity contribution in [2.75, 3.05) is 13.1 Å². The molecule has 0 spiro atoms. The zero-order valence-electron chi connectivity index (χ0n) is 16.7. The van der Waals surface area contributed by atoms with E-state index in [0.29, 0.717) is 43.2 Å². The monoisotopic (exact) mass is 417 g/mol. The van der Waals surface area contributed by atoms with Crippen LogP contribution in [0.2, 0.25) is 0 Å². The van der Waals surface area contributed by atoms with Crippen LogP contribution in [0.25, 0.3) is 22.0 Å². The van der Waals surface area contributed by atoms with Crippen LogP contribution in [0.5, 0.6) is 5.88 Å². The van der Waals surface area contributed by atoms with Crippen LogP contribution in [-0.2, 0) is 0 Å². The van der Waals surface area contributed by atoms with Gasteiger partial charge in [-0.2, -0.15) is 10.2 Å². The summed E-state index contributed by atoms with van der Waals surface area (Å²) in [4.78, 5) is 14.7. The van der Waals surface area contributed by atoms with Gasteiger partial charge in [-0.25, -0.2) is 4.39 Å². The molecule has 1 fully saturated rings. The Bertz CT molecular complexity index is 1210. The van der Waals surface area contributed by atoms with Gasteiger partial charge in [-0.3, -0.25) is 9.89 Å². The smallest absolute Gasteiger partial charge is 0.271 e. The standard InChI is InChI=1S/C23H20FN5O2/c24-17-7-5-15(6-8-17)20-13-21(27-26-20)23(30)29-11-9-18(10-12-29)31-22-19-4-2-1-3-16(19)14-25-28-22/h1-8,13-14,18H,9-12H2,(H,26,27). The van der Waals surface area contributed by atoms with E-state index in [1.807, 2.05) is 24.3 Å². The summed E-state index contributed by atoms with van der Waals surface area (Å²) in [7, 11) is 0. The van der Waals surface area contributed by atoms with Gasteiger partial charge in [-0.1, -0.05) is 18.2 Å². The summed E-state index contributed by atoms with van der Waals surface area (Å²) in [5.41, 5.74) is 1.77. The topological polar surface area (TPSA) is 84.0 Å². The van der Waals surface area contributed by atoms with Crippen LogP contribution in [0.3, 0.4) is 0 Å². The van der Waals surface area contributed by atoms with Crippen LogP contribution >= 0.6 is 0 Å². The molecule has 2 aromatic heterocycles. The number of fused-ring (bicyclic) bond motifs is 1. The molecule has 3 heterocycles. The predicted molar refractivity (Wildman–Crippen MR) is 113 cm³/mol. The first kappa shape index (κ1) is 19.2. The number of halogens is 1.